The number of imidazole rings is 1. The van der Waals surface area contributed by atoms with Gasteiger partial charge in [-0.2, -0.15) is 5.10 Å². The molecule has 2 rings (SSSR count). The highest BCUT2D eigenvalue weighted by Gasteiger charge is 1.88. The first-order chi connectivity index (χ1) is 4.86. The van der Waals surface area contributed by atoms with Crippen LogP contribution in [0.4, 0.5) is 0 Å². The lowest BCUT2D eigenvalue weighted by Gasteiger charge is -1.87. The lowest BCUT2D eigenvalue weighted by atomic mass is 10.6. The van der Waals surface area contributed by atoms with Crippen molar-refractivity contribution in [2.24, 2.45) is 0 Å². The van der Waals surface area contributed by atoms with Crippen molar-refractivity contribution in [3.05, 3.63) is 29.2 Å². The minimum Gasteiger partial charge on any atom is -0.345 e. The maximum Gasteiger partial charge on any atom is 0.132 e. The molecule has 4 heteroatoms. The second kappa shape index (κ2) is 1.91. The molecular formula is C6H5N3S. The highest BCUT2D eigenvalue weighted by molar-refractivity contribution is 7.71. The predicted molar refractivity (Wildman–Crippen MR) is 40.4 cm³/mol. The Labute approximate surface area is 62.3 Å². The van der Waals surface area contributed by atoms with Crippen molar-refractivity contribution in [3.8, 4) is 0 Å². The van der Waals surface area contributed by atoms with E-state index < -0.39 is 0 Å². The molecule has 0 bridgehead atoms. The summed E-state index contributed by atoms with van der Waals surface area (Å²) in [7, 11) is 0. The summed E-state index contributed by atoms with van der Waals surface area (Å²) in [5.74, 6) is 0. The number of hydrogen-bond acceptors (Lipinski definition) is 2. The maximum absolute atomic E-state index is 4.91. The fourth-order valence-corrected chi connectivity index (χ4v) is 0.998. The summed E-state index contributed by atoms with van der Waals surface area (Å²) in [6.45, 7) is 0. The minimum atomic E-state index is 0.752. The number of fused-ring (bicyclic) bond motifs is 1. The van der Waals surface area contributed by atoms with Gasteiger partial charge in [0.05, 0.1) is 10.7 Å². The summed E-state index contributed by atoms with van der Waals surface area (Å²) < 4.78 is 2.48. The lowest BCUT2D eigenvalue weighted by molar-refractivity contribution is 0.933. The van der Waals surface area contributed by atoms with Gasteiger partial charge in [-0.3, -0.25) is 0 Å². The number of nitrogens with zero attached hydrogens (tertiary/aromatic N) is 2. The molecule has 0 radical (unpaired) electrons. The molecule has 0 unspecified atom stereocenters. The first-order valence-corrected chi connectivity index (χ1v) is 3.29. The molecule has 0 aromatic carbocycles. The topological polar surface area (TPSA) is 33.1 Å². The maximum atomic E-state index is 4.91. The van der Waals surface area contributed by atoms with Crippen LogP contribution in [0.3, 0.4) is 0 Å². The Kier molecular flexibility index (Phi) is 1.07. The molecule has 0 atom stereocenters. The van der Waals surface area contributed by atoms with Gasteiger partial charge in [0, 0.05) is 18.5 Å². The molecule has 10 heavy (non-hydrogen) atoms. The zero-order chi connectivity index (χ0) is 6.97. The average Bonchev–Trinajstić information content (AvgIpc) is 2.33. The van der Waals surface area contributed by atoms with Gasteiger partial charge < -0.3 is 4.98 Å². The fraction of sp³-hybridized carbons (Fsp3) is 0. The average molecular weight is 151 g/mol. The van der Waals surface area contributed by atoms with E-state index in [0.717, 1.165) is 10.2 Å². The number of rotatable bonds is 0. The standard InChI is InChI=1S/C6H5N3S/c10-5-3-6-7-1-2-9(6)8-4-5/h1-4,7H. The van der Waals surface area contributed by atoms with Crippen molar-refractivity contribution < 1.29 is 0 Å². The Hall–Kier alpha value is -1.16. The second-order valence-corrected chi connectivity index (χ2v) is 2.45. The molecule has 0 spiro atoms. The third-order valence-electron chi connectivity index (χ3n) is 1.28. The molecule has 0 saturated heterocycles. The molecule has 1 N–H and O–H groups in total. The van der Waals surface area contributed by atoms with Crippen LogP contribution in [-0.2, 0) is 0 Å². The molecule has 2 aromatic rings. The normalized spacial score (nSPS) is 10.4. The number of H-pyrrole nitrogens is 1. The van der Waals surface area contributed by atoms with Crippen LogP contribution < -0.4 is 0 Å². The molecule has 0 fully saturated rings. The molecule has 0 aliphatic carbocycles. The first kappa shape index (κ1) is 5.61. The summed E-state index contributed by atoms with van der Waals surface area (Å²) in [6, 6.07) is 1.86. The smallest absolute Gasteiger partial charge is 0.132 e. The monoisotopic (exact) mass is 151 g/mol. The van der Waals surface area contributed by atoms with E-state index in [2.05, 4.69) is 10.1 Å². The summed E-state index contributed by atoms with van der Waals surface area (Å²) in [5.41, 5.74) is 0.924. The minimum absolute atomic E-state index is 0.752. The SMILES string of the molecule is S=c1cnn2cc[nH]c2c1. The van der Waals surface area contributed by atoms with Crippen LogP contribution in [0.5, 0.6) is 0 Å². The van der Waals surface area contributed by atoms with E-state index in [-0.39, 0.29) is 0 Å². The van der Waals surface area contributed by atoms with E-state index in [1.807, 2.05) is 18.5 Å². The fourth-order valence-electron chi connectivity index (χ4n) is 0.839. The Bertz CT molecular complexity index is 400. The van der Waals surface area contributed by atoms with Crippen LogP contribution in [0.25, 0.3) is 5.65 Å². The zero-order valence-corrected chi connectivity index (χ0v) is 5.93. The van der Waals surface area contributed by atoms with Gasteiger partial charge in [-0.15, -0.1) is 0 Å². The van der Waals surface area contributed by atoms with Crippen molar-refractivity contribution in [3.63, 3.8) is 0 Å². The molecule has 0 amide bonds. The second-order valence-electron chi connectivity index (χ2n) is 1.98. The number of hydrogen-bond donors (Lipinski definition) is 1. The van der Waals surface area contributed by atoms with E-state index in [9.17, 15) is 0 Å². The molecular weight excluding hydrogens is 146 g/mol. The third kappa shape index (κ3) is 0.733. The number of nitrogens with one attached hydrogen (secondary N) is 1. The zero-order valence-electron chi connectivity index (χ0n) is 5.11. The Morgan fingerprint density at radius 3 is 3.40 bits per heavy atom. The van der Waals surface area contributed by atoms with Crippen LogP contribution in [-0.4, -0.2) is 14.6 Å². The van der Waals surface area contributed by atoms with Crippen LogP contribution in [0, 0.1) is 4.51 Å². The van der Waals surface area contributed by atoms with Crippen LogP contribution in [0.2, 0.25) is 0 Å². The molecule has 0 aliphatic heterocycles. The Morgan fingerprint density at radius 1 is 1.60 bits per heavy atom. The van der Waals surface area contributed by atoms with Crippen LogP contribution >= 0.6 is 12.2 Å². The molecule has 2 aromatic heterocycles. The van der Waals surface area contributed by atoms with Crippen molar-refractivity contribution in [2.45, 2.75) is 0 Å². The van der Waals surface area contributed by atoms with Crippen molar-refractivity contribution in [1.29, 1.82) is 0 Å². The van der Waals surface area contributed by atoms with Gasteiger partial charge >= 0.3 is 0 Å². The largest absolute Gasteiger partial charge is 0.345 e. The van der Waals surface area contributed by atoms with Gasteiger partial charge in [0.15, 0.2) is 0 Å². The Balaban J connectivity index is 2.99. The number of aromatic nitrogens is 3. The molecule has 0 aliphatic rings. The molecule has 0 saturated carbocycles. The quantitative estimate of drug-likeness (QED) is 0.577. The van der Waals surface area contributed by atoms with Gasteiger partial charge in [0.25, 0.3) is 0 Å². The lowest BCUT2D eigenvalue weighted by Crippen LogP contribution is -1.86. The Morgan fingerprint density at radius 2 is 2.50 bits per heavy atom. The predicted octanol–water partition coefficient (Wildman–Crippen LogP) is 1.39. The van der Waals surface area contributed by atoms with Gasteiger partial charge in [0.2, 0.25) is 0 Å². The number of aromatic amines is 1. The summed E-state index contributed by atoms with van der Waals surface area (Å²) in [5, 5.41) is 4.02. The van der Waals surface area contributed by atoms with Crippen molar-refractivity contribution >= 4 is 17.9 Å². The van der Waals surface area contributed by atoms with Crippen molar-refractivity contribution in [1.82, 2.24) is 14.6 Å². The highest BCUT2D eigenvalue weighted by atomic mass is 32.1. The van der Waals surface area contributed by atoms with Crippen LogP contribution in [0.15, 0.2) is 24.7 Å². The van der Waals surface area contributed by atoms with Gasteiger partial charge in [-0.25, -0.2) is 4.52 Å². The summed E-state index contributed by atoms with van der Waals surface area (Å²) in [6.07, 6.45) is 5.30. The highest BCUT2D eigenvalue weighted by Crippen LogP contribution is 1.96. The van der Waals surface area contributed by atoms with E-state index in [1.165, 1.54) is 0 Å². The first-order valence-electron chi connectivity index (χ1n) is 2.88. The molecule has 3 nitrogen and oxygen atoms in total. The van der Waals surface area contributed by atoms with Crippen LogP contribution in [0.1, 0.15) is 0 Å². The van der Waals surface area contributed by atoms with E-state index >= 15 is 0 Å². The molecule has 50 valence electrons. The van der Waals surface area contributed by atoms with Crippen molar-refractivity contribution in [2.75, 3.05) is 0 Å². The van der Waals surface area contributed by atoms with Gasteiger partial charge in [0.1, 0.15) is 5.65 Å². The van der Waals surface area contributed by atoms with E-state index in [4.69, 9.17) is 12.2 Å². The molecule has 2 heterocycles. The third-order valence-corrected chi connectivity index (χ3v) is 1.51. The van der Waals surface area contributed by atoms with E-state index in [1.54, 1.807) is 10.7 Å². The van der Waals surface area contributed by atoms with E-state index in [0.29, 0.717) is 0 Å². The van der Waals surface area contributed by atoms with Gasteiger partial charge in [-0.05, 0) is 0 Å². The summed E-state index contributed by atoms with van der Waals surface area (Å²) >= 11 is 4.91. The summed E-state index contributed by atoms with van der Waals surface area (Å²) in [4.78, 5) is 2.99. The van der Waals surface area contributed by atoms with Gasteiger partial charge in [-0.1, -0.05) is 12.2 Å².